The lowest BCUT2D eigenvalue weighted by Crippen LogP contribution is -1.98. The van der Waals surface area contributed by atoms with E-state index >= 15 is 0 Å². The Morgan fingerprint density at radius 1 is 1.37 bits per heavy atom. The number of aryl methyl sites for hydroxylation is 1. The topological polar surface area (TPSA) is 48.1 Å². The van der Waals surface area contributed by atoms with Gasteiger partial charge >= 0.3 is 0 Å². The van der Waals surface area contributed by atoms with Crippen LogP contribution in [0.5, 0.6) is 5.75 Å². The number of hydrogen-bond acceptors (Lipinski definition) is 5. The number of hydrogen-bond donors (Lipinski definition) is 1. The van der Waals surface area contributed by atoms with Gasteiger partial charge in [-0.05, 0) is 37.6 Å². The van der Waals surface area contributed by atoms with Crippen LogP contribution in [0, 0.1) is 6.92 Å². The van der Waals surface area contributed by atoms with Gasteiger partial charge < -0.3 is 10.5 Å². The molecule has 2 N–H and O–H groups in total. The second-order valence-corrected chi connectivity index (χ2v) is 6.76. The number of benzene rings is 1. The quantitative estimate of drug-likeness (QED) is 0.639. The van der Waals surface area contributed by atoms with E-state index in [9.17, 15) is 0 Å². The number of rotatable bonds is 6. The summed E-state index contributed by atoms with van der Waals surface area (Å²) in [4.78, 5) is 4.20. The van der Waals surface area contributed by atoms with Crippen LogP contribution in [0.25, 0.3) is 0 Å². The zero-order valence-corrected chi connectivity index (χ0v) is 12.9. The summed E-state index contributed by atoms with van der Waals surface area (Å²) in [6.45, 7) is 2.68. The molecule has 0 spiro atoms. The molecule has 0 saturated heterocycles. The summed E-state index contributed by atoms with van der Waals surface area (Å²) in [5.74, 6) is 1.85. The van der Waals surface area contributed by atoms with Crippen molar-refractivity contribution in [3.05, 3.63) is 35.0 Å². The number of aromatic nitrogens is 1. The molecule has 19 heavy (non-hydrogen) atoms. The first-order valence-corrected chi connectivity index (χ1v) is 8.07. The molecule has 6 heteroatoms. The number of halogens is 1. The van der Waals surface area contributed by atoms with Gasteiger partial charge in [-0.15, -0.1) is 11.8 Å². The molecule has 1 aromatic carbocycles. The van der Waals surface area contributed by atoms with Crippen LogP contribution in [0.3, 0.4) is 0 Å². The van der Waals surface area contributed by atoms with E-state index in [1.807, 2.05) is 31.2 Å². The average molecular weight is 315 g/mol. The minimum Gasteiger partial charge on any atom is -0.494 e. The largest absolute Gasteiger partial charge is 0.494 e. The van der Waals surface area contributed by atoms with Gasteiger partial charge in [0.2, 0.25) is 0 Å². The molecule has 0 fully saturated rings. The normalized spacial score (nSPS) is 10.6. The number of thioether (sulfide) groups is 1. The molecule has 0 amide bonds. The van der Waals surface area contributed by atoms with Gasteiger partial charge in [0.05, 0.1) is 16.5 Å². The van der Waals surface area contributed by atoms with Crippen molar-refractivity contribution in [1.29, 1.82) is 0 Å². The summed E-state index contributed by atoms with van der Waals surface area (Å²) in [6.07, 6.45) is 0.977. The molecule has 0 aliphatic rings. The number of nitrogen functional groups attached to an aromatic ring is 1. The van der Waals surface area contributed by atoms with Gasteiger partial charge in [-0.25, -0.2) is 4.98 Å². The highest BCUT2D eigenvalue weighted by Gasteiger charge is 2.05. The second kappa shape index (κ2) is 7.03. The summed E-state index contributed by atoms with van der Waals surface area (Å²) in [5.41, 5.74) is 6.68. The van der Waals surface area contributed by atoms with Gasteiger partial charge in [-0.1, -0.05) is 22.9 Å². The maximum absolute atomic E-state index is 5.81. The van der Waals surface area contributed by atoms with E-state index in [4.69, 9.17) is 22.1 Å². The van der Waals surface area contributed by atoms with Crippen LogP contribution in [0.1, 0.15) is 12.1 Å². The van der Waals surface area contributed by atoms with Crippen molar-refractivity contribution in [2.24, 2.45) is 0 Å². The fraction of sp³-hybridized carbons (Fsp3) is 0.308. The Bertz CT molecular complexity index is 528. The number of nitrogens with two attached hydrogens (primary N) is 1. The van der Waals surface area contributed by atoms with E-state index in [1.54, 1.807) is 23.1 Å². The Hall–Kier alpha value is -0.910. The Balaban J connectivity index is 1.67. The van der Waals surface area contributed by atoms with Crippen molar-refractivity contribution in [1.82, 2.24) is 4.98 Å². The van der Waals surface area contributed by atoms with E-state index in [2.05, 4.69) is 4.98 Å². The third-order valence-corrected chi connectivity index (χ3v) is 5.06. The van der Waals surface area contributed by atoms with Gasteiger partial charge in [0.15, 0.2) is 5.13 Å². The number of anilines is 1. The maximum Gasteiger partial charge on any atom is 0.181 e. The average Bonchev–Trinajstić information content (AvgIpc) is 2.70. The molecule has 3 nitrogen and oxygen atoms in total. The van der Waals surface area contributed by atoms with Crippen molar-refractivity contribution in [3.8, 4) is 5.75 Å². The molecule has 1 aromatic heterocycles. The summed E-state index contributed by atoms with van der Waals surface area (Å²) in [5, 5.41) is 1.36. The highest BCUT2D eigenvalue weighted by Crippen LogP contribution is 2.30. The van der Waals surface area contributed by atoms with Gasteiger partial charge in [0.25, 0.3) is 0 Å². The van der Waals surface area contributed by atoms with Crippen molar-refractivity contribution in [2.45, 2.75) is 17.6 Å². The van der Waals surface area contributed by atoms with Crippen LogP contribution in [0.15, 0.2) is 28.5 Å². The molecule has 0 radical (unpaired) electrons. The van der Waals surface area contributed by atoms with Crippen molar-refractivity contribution in [2.75, 3.05) is 18.1 Å². The Labute approximate surface area is 126 Å². The fourth-order valence-corrected chi connectivity index (χ4v) is 3.62. The Morgan fingerprint density at radius 3 is 2.74 bits per heavy atom. The summed E-state index contributed by atoms with van der Waals surface area (Å²) < 4.78 is 6.82. The number of nitrogens with zero attached hydrogens (tertiary/aromatic N) is 1. The number of thiazole rings is 1. The maximum atomic E-state index is 5.81. The van der Waals surface area contributed by atoms with Crippen LogP contribution < -0.4 is 10.5 Å². The van der Waals surface area contributed by atoms with E-state index in [0.29, 0.717) is 11.7 Å². The van der Waals surface area contributed by atoms with Crippen LogP contribution in [0.4, 0.5) is 5.13 Å². The highest BCUT2D eigenvalue weighted by molar-refractivity contribution is 8.01. The first-order chi connectivity index (χ1) is 9.15. The van der Waals surface area contributed by atoms with Crippen LogP contribution >= 0.6 is 34.7 Å². The van der Waals surface area contributed by atoms with Crippen molar-refractivity contribution < 1.29 is 4.74 Å². The second-order valence-electron chi connectivity index (χ2n) is 3.93. The summed E-state index contributed by atoms with van der Waals surface area (Å²) in [7, 11) is 0. The SMILES string of the molecule is Cc1nc(N)sc1SCCCOc1ccc(Cl)cc1. The summed E-state index contributed by atoms with van der Waals surface area (Å²) in [6, 6.07) is 7.41. The molecule has 0 aliphatic heterocycles. The minimum atomic E-state index is 0.636. The van der Waals surface area contributed by atoms with Gasteiger partial charge in [-0.3, -0.25) is 0 Å². The zero-order chi connectivity index (χ0) is 13.7. The molecule has 1 heterocycles. The Morgan fingerprint density at radius 2 is 2.11 bits per heavy atom. The lowest BCUT2D eigenvalue weighted by molar-refractivity contribution is 0.319. The smallest absolute Gasteiger partial charge is 0.181 e. The zero-order valence-electron chi connectivity index (χ0n) is 10.6. The lowest BCUT2D eigenvalue weighted by atomic mass is 10.3. The predicted molar refractivity (Wildman–Crippen MR) is 83.6 cm³/mol. The molecule has 0 bridgehead atoms. The molecular weight excluding hydrogens is 300 g/mol. The third-order valence-electron chi connectivity index (χ3n) is 2.37. The van der Waals surface area contributed by atoms with Crippen molar-refractivity contribution in [3.63, 3.8) is 0 Å². The molecule has 102 valence electrons. The predicted octanol–water partition coefficient (Wildman–Crippen LogP) is 4.25. The van der Waals surface area contributed by atoms with Gasteiger partial charge in [-0.2, -0.15) is 0 Å². The molecule has 0 unspecified atom stereocenters. The van der Waals surface area contributed by atoms with E-state index < -0.39 is 0 Å². The van der Waals surface area contributed by atoms with Gasteiger partial charge in [0.1, 0.15) is 5.75 Å². The van der Waals surface area contributed by atoms with E-state index in [0.717, 1.165) is 28.6 Å². The van der Waals surface area contributed by atoms with Crippen molar-refractivity contribution >= 4 is 39.8 Å². The molecule has 0 atom stereocenters. The minimum absolute atomic E-state index is 0.636. The lowest BCUT2D eigenvalue weighted by Gasteiger charge is -2.05. The van der Waals surface area contributed by atoms with Gasteiger partial charge in [0, 0.05) is 10.8 Å². The summed E-state index contributed by atoms with van der Waals surface area (Å²) >= 11 is 9.13. The molecular formula is C13H15ClN2OS2. The number of ether oxygens (including phenoxy) is 1. The molecule has 2 rings (SSSR count). The first-order valence-electron chi connectivity index (χ1n) is 5.89. The van der Waals surface area contributed by atoms with E-state index in [1.165, 1.54) is 4.21 Å². The van der Waals surface area contributed by atoms with Crippen LogP contribution in [-0.2, 0) is 0 Å². The standard InChI is InChI=1S/C13H15ClN2OS2/c1-9-12(19-13(15)16-9)18-8-2-7-17-11-5-3-10(14)4-6-11/h3-6H,2,7-8H2,1H3,(H2,15,16). The van der Waals surface area contributed by atoms with Crippen LogP contribution in [-0.4, -0.2) is 17.3 Å². The Kier molecular flexibility index (Phi) is 5.36. The van der Waals surface area contributed by atoms with Crippen LogP contribution in [0.2, 0.25) is 5.02 Å². The molecule has 0 aliphatic carbocycles. The van der Waals surface area contributed by atoms with E-state index in [-0.39, 0.29) is 0 Å². The monoisotopic (exact) mass is 314 g/mol. The molecule has 2 aromatic rings. The molecule has 0 saturated carbocycles. The third kappa shape index (κ3) is 4.60. The first kappa shape index (κ1) is 14.5. The highest BCUT2D eigenvalue weighted by atomic mass is 35.5. The fourth-order valence-electron chi connectivity index (χ4n) is 1.48.